The summed E-state index contributed by atoms with van der Waals surface area (Å²) in [6.45, 7) is 2.10. The number of likely N-dealkylation sites (tertiary alicyclic amines) is 1. The smallest absolute Gasteiger partial charge is 0.250 e. The molecule has 0 spiro atoms. The van der Waals surface area contributed by atoms with Gasteiger partial charge in [-0.15, -0.1) is 0 Å². The number of carbonyl (C=O) groups is 4. The SMILES string of the molecule is CC(=O)N[C@@H](C(=O)N1C[C@@H]2CCC[C@@H]2[C@H]1C(=O)N[C@@H](/C=C(\F)S(C)(=O)=O)C[C@@H]1CCNC1=O)c1ccccc1. The van der Waals surface area contributed by atoms with Gasteiger partial charge in [-0.05, 0) is 49.2 Å². The predicted octanol–water partition coefficient (Wildman–Crippen LogP) is 1.36. The molecule has 4 amide bonds. The van der Waals surface area contributed by atoms with E-state index in [9.17, 15) is 32.0 Å². The third-order valence-electron chi connectivity index (χ3n) is 7.88. The van der Waals surface area contributed by atoms with Crippen LogP contribution in [0.5, 0.6) is 0 Å². The molecule has 212 valence electrons. The fourth-order valence-corrected chi connectivity index (χ4v) is 6.48. The van der Waals surface area contributed by atoms with Gasteiger partial charge in [0.15, 0.2) is 0 Å². The van der Waals surface area contributed by atoms with Crippen molar-refractivity contribution in [1.29, 1.82) is 0 Å². The molecule has 10 nitrogen and oxygen atoms in total. The standard InChI is InChI=1S/C27H35FN4O6S/c1-16(33)30-23(17-7-4-3-5-8-17)27(36)32-15-19-9-6-10-21(19)24(32)26(35)31-20(14-22(28)39(2,37)38)13-18-11-12-29-25(18)34/h3-5,7-8,14,18-21,23-24H,6,9-13,15H2,1-2H3,(H,29,34)(H,30,33)(H,31,35)/b22-14+/t18-,19-,20+,21-,23+,24-/m0/s1. The Bertz CT molecular complexity index is 1250. The average molecular weight is 563 g/mol. The van der Waals surface area contributed by atoms with Crippen molar-refractivity contribution in [2.45, 2.75) is 57.2 Å². The van der Waals surface area contributed by atoms with Crippen LogP contribution in [0.4, 0.5) is 4.39 Å². The van der Waals surface area contributed by atoms with E-state index in [-0.39, 0.29) is 24.2 Å². The lowest BCUT2D eigenvalue weighted by Gasteiger charge is -2.32. The fraction of sp³-hybridized carbons (Fsp3) is 0.556. The molecular formula is C27H35FN4O6S. The minimum atomic E-state index is -4.15. The van der Waals surface area contributed by atoms with Crippen LogP contribution in [0.15, 0.2) is 41.6 Å². The molecule has 2 saturated heterocycles. The number of rotatable bonds is 9. The molecule has 2 heterocycles. The van der Waals surface area contributed by atoms with Crippen LogP contribution in [-0.4, -0.2) is 68.4 Å². The van der Waals surface area contributed by atoms with Crippen molar-refractivity contribution in [1.82, 2.24) is 20.9 Å². The van der Waals surface area contributed by atoms with Crippen LogP contribution in [-0.2, 0) is 29.0 Å². The van der Waals surface area contributed by atoms with E-state index in [2.05, 4.69) is 16.0 Å². The molecule has 3 aliphatic rings. The summed E-state index contributed by atoms with van der Waals surface area (Å²) in [4.78, 5) is 53.3. The molecule has 4 rings (SSSR count). The number of benzene rings is 1. The highest BCUT2D eigenvalue weighted by molar-refractivity contribution is 7.94. The van der Waals surface area contributed by atoms with Crippen molar-refractivity contribution in [3.8, 4) is 0 Å². The normalized spacial score (nSPS) is 26.5. The molecule has 12 heteroatoms. The van der Waals surface area contributed by atoms with E-state index in [1.165, 1.54) is 11.8 Å². The van der Waals surface area contributed by atoms with Gasteiger partial charge in [-0.3, -0.25) is 19.2 Å². The van der Waals surface area contributed by atoms with Crippen LogP contribution in [0.3, 0.4) is 0 Å². The van der Waals surface area contributed by atoms with Crippen LogP contribution in [0.1, 0.15) is 50.6 Å². The van der Waals surface area contributed by atoms with Crippen molar-refractivity contribution >= 4 is 33.5 Å². The van der Waals surface area contributed by atoms with Crippen LogP contribution < -0.4 is 16.0 Å². The summed E-state index contributed by atoms with van der Waals surface area (Å²) in [7, 11) is -4.15. The Hall–Kier alpha value is -3.28. The largest absolute Gasteiger partial charge is 0.356 e. The molecule has 3 fully saturated rings. The van der Waals surface area contributed by atoms with Gasteiger partial charge in [-0.1, -0.05) is 36.8 Å². The lowest BCUT2D eigenvalue weighted by Crippen LogP contribution is -2.53. The van der Waals surface area contributed by atoms with Crippen molar-refractivity contribution in [2.24, 2.45) is 17.8 Å². The van der Waals surface area contributed by atoms with Gasteiger partial charge >= 0.3 is 0 Å². The summed E-state index contributed by atoms with van der Waals surface area (Å²) < 4.78 is 38.1. The molecule has 0 unspecified atom stereocenters. The second-order valence-corrected chi connectivity index (χ2v) is 12.6. The number of hydrogen-bond donors (Lipinski definition) is 3. The molecule has 3 N–H and O–H groups in total. The maximum atomic E-state index is 14.5. The Balaban J connectivity index is 1.62. The Morgan fingerprint density at radius 1 is 1.15 bits per heavy atom. The fourth-order valence-electron chi connectivity index (χ4n) is 6.07. The Morgan fingerprint density at radius 3 is 2.49 bits per heavy atom. The Morgan fingerprint density at radius 2 is 1.87 bits per heavy atom. The number of fused-ring (bicyclic) bond motifs is 1. The highest BCUT2D eigenvalue weighted by Gasteiger charge is 2.51. The lowest BCUT2D eigenvalue weighted by molar-refractivity contribution is -0.142. The molecule has 6 atom stereocenters. The van der Waals surface area contributed by atoms with Crippen molar-refractivity contribution in [3.63, 3.8) is 0 Å². The molecule has 0 aromatic heterocycles. The van der Waals surface area contributed by atoms with E-state index in [4.69, 9.17) is 0 Å². The Labute approximate surface area is 227 Å². The maximum Gasteiger partial charge on any atom is 0.250 e. The van der Waals surface area contributed by atoms with Crippen molar-refractivity contribution in [3.05, 3.63) is 47.1 Å². The molecule has 1 aliphatic carbocycles. The zero-order chi connectivity index (χ0) is 28.3. The van der Waals surface area contributed by atoms with E-state index in [0.717, 1.165) is 31.6 Å². The van der Waals surface area contributed by atoms with Gasteiger partial charge < -0.3 is 20.9 Å². The lowest BCUT2D eigenvalue weighted by atomic mass is 9.92. The van der Waals surface area contributed by atoms with Crippen LogP contribution in [0.25, 0.3) is 0 Å². The number of nitrogens with zero attached hydrogens (tertiary/aromatic N) is 1. The third kappa shape index (κ3) is 6.66. The highest BCUT2D eigenvalue weighted by atomic mass is 32.2. The first kappa shape index (κ1) is 28.7. The van der Waals surface area contributed by atoms with Gasteiger partial charge in [0.05, 0.1) is 6.04 Å². The number of halogens is 1. The quantitative estimate of drug-likeness (QED) is 0.415. The molecule has 1 aromatic rings. The minimum Gasteiger partial charge on any atom is -0.356 e. The van der Waals surface area contributed by atoms with E-state index in [0.29, 0.717) is 25.1 Å². The topological polar surface area (TPSA) is 142 Å². The molecular weight excluding hydrogens is 527 g/mol. The summed E-state index contributed by atoms with van der Waals surface area (Å²) in [5.74, 6) is -2.13. The summed E-state index contributed by atoms with van der Waals surface area (Å²) in [5.41, 5.74) is 0.581. The van der Waals surface area contributed by atoms with Gasteiger partial charge in [0.25, 0.3) is 5.91 Å². The van der Waals surface area contributed by atoms with Gasteiger partial charge in [0.1, 0.15) is 12.1 Å². The number of sulfone groups is 1. The Kier molecular flexibility index (Phi) is 8.73. The maximum absolute atomic E-state index is 14.5. The highest BCUT2D eigenvalue weighted by Crippen LogP contribution is 2.43. The molecule has 1 saturated carbocycles. The first-order valence-corrected chi connectivity index (χ1v) is 15.1. The van der Waals surface area contributed by atoms with Crippen LogP contribution in [0.2, 0.25) is 0 Å². The molecule has 0 bridgehead atoms. The van der Waals surface area contributed by atoms with Crippen molar-refractivity contribution in [2.75, 3.05) is 19.3 Å². The molecule has 39 heavy (non-hydrogen) atoms. The van der Waals surface area contributed by atoms with Gasteiger partial charge in [-0.2, -0.15) is 4.39 Å². The first-order valence-electron chi connectivity index (χ1n) is 13.2. The average Bonchev–Trinajstić information content (AvgIpc) is 3.58. The summed E-state index contributed by atoms with van der Waals surface area (Å²) in [6, 6.07) is 5.83. The summed E-state index contributed by atoms with van der Waals surface area (Å²) in [6.07, 6.45) is 4.54. The number of nitrogens with one attached hydrogen (secondary N) is 3. The van der Waals surface area contributed by atoms with Crippen LogP contribution in [0, 0.1) is 17.8 Å². The monoisotopic (exact) mass is 562 g/mol. The third-order valence-corrected chi connectivity index (χ3v) is 8.73. The number of hydrogen-bond acceptors (Lipinski definition) is 6. The number of amides is 4. The first-order chi connectivity index (χ1) is 18.5. The molecule has 1 aromatic carbocycles. The summed E-state index contributed by atoms with van der Waals surface area (Å²) >= 11 is 0. The zero-order valence-corrected chi connectivity index (χ0v) is 22.9. The van der Waals surface area contributed by atoms with E-state index < -0.39 is 56.8 Å². The molecule has 0 radical (unpaired) electrons. The second-order valence-electron chi connectivity index (χ2n) is 10.7. The second kappa shape index (κ2) is 11.8. The van der Waals surface area contributed by atoms with Gasteiger partial charge in [0.2, 0.25) is 32.7 Å². The van der Waals surface area contributed by atoms with E-state index >= 15 is 0 Å². The van der Waals surface area contributed by atoms with Gasteiger partial charge in [0, 0.05) is 32.2 Å². The zero-order valence-electron chi connectivity index (χ0n) is 22.1. The van der Waals surface area contributed by atoms with Crippen LogP contribution >= 0.6 is 0 Å². The van der Waals surface area contributed by atoms with Gasteiger partial charge in [-0.25, -0.2) is 8.42 Å². The van der Waals surface area contributed by atoms with E-state index in [1.807, 2.05) is 0 Å². The predicted molar refractivity (Wildman–Crippen MR) is 141 cm³/mol. The van der Waals surface area contributed by atoms with Crippen molar-refractivity contribution < 1.29 is 32.0 Å². The number of carbonyl (C=O) groups excluding carboxylic acids is 4. The summed E-state index contributed by atoms with van der Waals surface area (Å²) in [5, 5.41) is 6.75. The minimum absolute atomic E-state index is 0.0216. The molecule has 2 aliphatic heterocycles. The van der Waals surface area contributed by atoms with E-state index in [1.54, 1.807) is 30.3 Å².